The second-order valence-corrected chi connectivity index (χ2v) is 10.5. The lowest BCUT2D eigenvalue weighted by molar-refractivity contribution is -0.126. The number of nitrogens with zero attached hydrogens (tertiary/aromatic N) is 4. The third kappa shape index (κ3) is 4.68. The molecule has 33 heavy (non-hydrogen) atoms. The first-order chi connectivity index (χ1) is 15.7. The molecule has 176 valence electrons. The summed E-state index contributed by atoms with van der Waals surface area (Å²) in [6, 6.07) is 6.83. The third-order valence-electron chi connectivity index (χ3n) is 6.00. The normalized spacial score (nSPS) is 16.6. The van der Waals surface area contributed by atoms with E-state index < -0.39 is 16.1 Å². The van der Waals surface area contributed by atoms with Crippen LogP contribution in [0.5, 0.6) is 0 Å². The first-order valence-corrected chi connectivity index (χ1v) is 12.5. The number of aromatic nitrogens is 3. The van der Waals surface area contributed by atoms with Crippen LogP contribution < -0.4 is 5.32 Å². The highest BCUT2D eigenvalue weighted by atomic mass is 35.5. The van der Waals surface area contributed by atoms with Crippen molar-refractivity contribution in [2.24, 2.45) is 13.0 Å². The maximum Gasteiger partial charge on any atom is 0.248 e. The van der Waals surface area contributed by atoms with Crippen LogP contribution in [0, 0.1) is 19.8 Å². The van der Waals surface area contributed by atoms with Crippen LogP contribution >= 0.6 is 11.6 Å². The van der Waals surface area contributed by atoms with Crippen molar-refractivity contribution in [3.05, 3.63) is 64.5 Å². The van der Waals surface area contributed by atoms with E-state index in [1.165, 1.54) is 4.31 Å². The summed E-state index contributed by atoms with van der Waals surface area (Å²) in [6.07, 6.45) is 4.34. The van der Waals surface area contributed by atoms with Crippen molar-refractivity contribution in [2.45, 2.75) is 37.6 Å². The van der Waals surface area contributed by atoms with Gasteiger partial charge in [-0.1, -0.05) is 28.9 Å². The predicted octanol–water partition coefficient (Wildman–Crippen LogP) is 2.98. The van der Waals surface area contributed by atoms with Gasteiger partial charge >= 0.3 is 0 Å². The molecule has 0 aliphatic carbocycles. The number of hydrogen-bond donors (Lipinski definition) is 1. The molecule has 1 atom stereocenters. The van der Waals surface area contributed by atoms with Gasteiger partial charge in [0.1, 0.15) is 22.5 Å². The number of sulfonamides is 1. The lowest BCUT2D eigenvalue weighted by atomic mass is 9.96. The Bertz CT molecular complexity index is 1220. The summed E-state index contributed by atoms with van der Waals surface area (Å²) in [5.41, 5.74) is 1.20. The van der Waals surface area contributed by atoms with E-state index in [1.807, 2.05) is 29.9 Å². The molecule has 0 bridgehead atoms. The first kappa shape index (κ1) is 23.5. The second-order valence-electron chi connectivity index (χ2n) is 8.22. The summed E-state index contributed by atoms with van der Waals surface area (Å²) in [5, 5.41) is 7.47. The number of nitrogens with one attached hydrogen (secondary N) is 1. The Hall–Kier alpha value is -2.69. The zero-order valence-electron chi connectivity index (χ0n) is 18.7. The standard InChI is InChI=1S/C22H26ClN5O4S/c1-14-20(15(2)32-26-14)33(30,31)28-11-8-17(9-12-28)22(29)25-19(21-24-10-13-27(21)3)16-4-6-18(23)7-5-16/h4-7,10,13,17,19H,8-9,11-12H2,1-3H3,(H,25,29)/t19-/m0/s1. The van der Waals surface area contributed by atoms with Gasteiger partial charge in [0.05, 0.1) is 0 Å². The highest BCUT2D eigenvalue weighted by molar-refractivity contribution is 7.89. The maximum atomic E-state index is 13.2. The average molecular weight is 492 g/mol. The number of benzene rings is 1. The quantitative estimate of drug-likeness (QED) is 0.567. The van der Waals surface area contributed by atoms with E-state index in [4.69, 9.17) is 16.1 Å². The largest absolute Gasteiger partial charge is 0.360 e. The predicted molar refractivity (Wildman–Crippen MR) is 122 cm³/mol. The molecule has 3 aromatic rings. The van der Waals surface area contributed by atoms with E-state index in [2.05, 4.69) is 15.5 Å². The molecule has 0 unspecified atom stereocenters. The van der Waals surface area contributed by atoms with Crippen molar-refractivity contribution >= 4 is 27.5 Å². The van der Waals surface area contributed by atoms with Crippen LogP contribution in [0.15, 0.2) is 46.1 Å². The van der Waals surface area contributed by atoms with Crippen LogP contribution in [0.3, 0.4) is 0 Å². The molecule has 2 aromatic heterocycles. The van der Waals surface area contributed by atoms with Gasteiger partial charge in [-0.2, -0.15) is 4.31 Å². The molecule has 0 spiro atoms. The molecule has 1 aromatic carbocycles. The monoisotopic (exact) mass is 491 g/mol. The number of aryl methyl sites for hydroxylation is 3. The molecular weight excluding hydrogens is 466 g/mol. The van der Waals surface area contributed by atoms with E-state index in [0.717, 1.165) is 5.56 Å². The van der Waals surface area contributed by atoms with Crippen LogP contribution in [0.25, 0.3) is 0 Å². The number of rotatable bonds is 6. The summed E-state index contributed by atoms with van der Waals surface area (Å²) < 4.78 is 34.4. The Morgan fingerprint density at radius 2 is 1.88 bits per heavy atom. The van der Waals surface area contributed by atoms with E-state index >= 15 is 0 Å². The fraction of sp³-hybridized carbons (Fsp3) is 0.409. The molecule has 3 heterocycles. The van der Waals surface area contributed by atoms with Crippen molar-refractivity contribution in [1.82, 2.24) is 24.3 Å². The van der Waals surface area contributed by atoms with Crippen LogP contribution in [-0.4, -0.2) is 46.4 Å². The number of piperidine rings is 1. The van der Waals surface area contributed by atoms with Crippen molar-refractivity contribution in [2.75, 3.05) is 13.1 Å². The minimum Gasteiger partial charge on any atom is -0.360 e. The van der Waals surface area contributed by atoms with Gasteiger partial charge in [-0.3, -0.25) is 4.79 Å². The van der Waals surface area contributed by atoms with Crippen LogP contribution in [-0.2, 0) is 21.9 Å². The van der Waals surface area contributed by atoms with Crippen molar-refractivity contribution in [3.8, 4) is 0 Å². The Kier molecular flexibility index (Phi) is 6.60. The van der Waals surface area contributed by atoms with E-state index in [9.17, 15) is 13.2 Å². The lowest BCUT2D eigenvalue weighted by Crippen LogP contribution is -2.44. The van der Waals surface area contributed by atoms with Gasteiger partial charge in [-0.25, -0.2) is 13.4 Å². The minimum atomic E-state index is -3.72. The van der Waals surface area contributed by atoms with E-state index in [0.29, 0.717) is 29.4 Å². The second kappa shape index (κ2) is 9.28. The third-order valence-corrected chi connectivity index (χ3v) is 8.39. The maximum absolute atomic E-state index is 13.2. The zero-order valence-corrected chi connectivity index (χ0v) is 20.2. The fourth-order valence-corrected chi connectivity index (χ4v) is 6.08. The van der Waals surface area contributed by atoms with Crippen LogP contribution in [0.2, 0.25) is 5.02 Å². The molecule has 1 N–H and O–H groups in total. The molecule has 1 aliphatic rings. The molecule has 1 fully saturated rings. The molecule has 1 aliphatic heterocycles. The van der Waals surface area contributed by atoms with Gasteiger partial charge < -0.3 is 14.4 Å². The van der Waals surface area contributed by atoms with Gasteiger partial charge in [0, 0.05) is 43.5 Å². The Labute approximate surface area is 197 Å². The summed E-state index contributed by atoms with van der Waals surface area (Å²) >= 11 is 6.04. The summed E-state index contributed by atoms with van der Waals surface area (Å²) in [5.74, 6) is 0.529. The minimum absolute atomic E-state index is 0.114. The number of carbonyl (C=O) groups excluding carboxylic acids is 1. The highest BCUT2D eigenvalue weighted by Crippen LogP contribution is 2.29. The summed E-state index contributed by atoms with van der Waals surface area (Å²) in [4.78, 5) is 17.7. The van der Waals surface area contributed by atoms with E-state index in [-0.39, 0.29) is 35.6 Å². The molecule has 0 saturated carbocycles. The van der Waals surface area contributed by atoms with Gasteiger partial charge in [-0.15, -0.1) is 0 Å². The van der Waals surface area contributed by atoms with Gasteiger partial charge in [0.25, 0.3) is 0 Å². The highest BCUT2D eigenvalue weighted by Gasteiger charge is 2.36. The molecule has 11 heteroatoms. The lowest BCUT2D eigenvalue weighted by Gasteiger charge is -2.31. The van der Waals surface area contributed by atoms with Gasteiger partial charge in [-0.05, 0) is 44.4 Å². The Morgan fingerprint density at radius 3 is 2.42 bits per heavy atom. The number of hydrogen-bond acceptors (Lipinski definition) is 6. The Balaban J connectivity index is 1.47. The fourth-order valence-electron chi connectivity index (χ4n) is 4.20. The molecular formula is C22H26ClN5O4S. The van der Waals surface area contributed by atoms with Crippen molar-refractivity contribution in [1.29, 1.82) is 0 Å². The van der Waals surface area contributed by atoms with Crippen molar-refractivity contribution < 1.29 is 17.7 Å². The van der Waals surface area contributed by atoms with Gasteiger partial charge in [0.2, 0.25) is 15.9 Å². The number of halogens is 1. The Morgan fingerprint density at radius 1 is 1.21 bits per heavy atom. The molecule has 1 amide bonds. The average Bonchev–Trinajstić information content (AvgIpc) is 3.37. The molecule has 4 rings (SSSR count). The smallest absolute Gasteiger partial charge is 0.248 e. The first-order valence-electron chi connectivity index (χ1n) is 10.6. The van der Waals surface area contributed by atoms with Crippen molar-refractivity contribution in [3.63, 3.8) is 0 Å². The summed E-state index contributed by atoms with van der Waals surface area (Å²) in [6.45, 7) is 3.69. The van der Waals surface area contributed by atoms with Gasteiger partial charge in [0.15, 0.2) is 5.76 Å². The van der Waals surface area contributed by atoms with E-state index in [1.54, 1.807) is 32.2 Å². The van der Waals surface area contributed by atoms with Crippen LogP contribution in [0.4, 0.5) is 0 Å². The molecule has 9 nitrogen and oxygen atoms in total. The SMILES string of the molecule is Cc1noc(C)c1S(=O)(=O)N1CCC(C(=O)N[C@@H](c2ccc(Cl)cc2)c2nccn2C)CC1. The summed E-state index contributed by atoms with van der Waals surface area (Å²) in [7, 11) is -1.85. The number of carbonyl (C=O) groups is 1. The molecule has 0 radical (unpaired) electrons. The van der Waals surface area contributed by atoms with Crippen LogP contribution in [0.1, 0.15) is 41.7 Å². The number of amides is 1. The zero-order chi connectivity index (χ0) is 23.8. The number of imidazole rings is 1. The topological polar surface area (TPSA) is 110 Å². The molecule has 1 saturated heterocycles.